The number of aliphatic hydroxyl groups is 1. The van der Waals surface area contributed by atoms with Crippen molar-refractivity contribution in [2.24, 2.45) is 0 Å². The predicted molar refractivity (Wildman–Crippen MR) is 71.4 cm³/mol. The molecule has 4 heteroatoms. The Hall–Kier alpha value is -1.13. The van der Waals surface area contributed by atoms with Gasteiger partial charge in [0.25, 0.3) is 0 Å². The van der Waals surface area contributed by atoms with E-state index in [1.54, 1.807) is 6.07 Å². The number of aliphatic hydroxyl groups excluding tert-OH is 1. The summed E-state index contributed by atoms with van der Waals surface area (Å²) in [4.78, 5) is 2.10. The van der Waals surface area contributed by atoms with Crippen LogP contribution < -0.4 is 10.2 Å². The van der Waals surface area contributed by atoms with Crippen LogP contribution in [-0.2, 0) is 0 Å². The molecule has 1 fully saturated rings. The molecule has 2 N–H and O–H groups in total. The molecule has 0 spiro atoms. The second kappa shape index (κ2) is 6.16. The number of anilines is 1. The zero-order chi connectivity index (χ0) is 13.0. The van der Waals surface area contributed by atoms with E-state index in [0.717, 1.165) is 31.5 Å². The van der Waals surface area contributed by atoms with Gasteiger partial charge in [-0.2, -0.15) is 0 Å². The van der Waals surface area contributed by atoms with Crippen LogP contribution in [0.3, 0.4) is 0 Å². The van der Waals surface area contributed by atoms with Crippen molar-refractivity contribution < 1.29 is 9.50 Å². The van der Waals surface area contributed by atoms with Gasteiger partial charge in [-0.1, -0.05) is 6.07 Å². The lowest BCUT2D eigenvalue weighted by molar-refractivity contribution is 0.286. The fourth-order valence-corrected chi connectivity index (χ4v) is 2.41. The van der Waals surface area contributed by atoms with E-state index in [4.69, 9.17) is 5.11 Å². The highest BCUT2D eigenvalue weighted by Crippen LogP contribution is 2.26. The van der Waals surface area contributed by atoms with Crippen molar-refractivity contribution in [3.8, 4) is 0 Å². The Morgan fingerprint density at radius 2 is 2.11 bits per heavy atom. The second-order valence-electron chi connectivity index (χ2n) is 4.80. The molecule has 1 aromatic carbocycles. The zero-order valence-electron chi connectivity index (χ0n) is 10.8. The molecule has 1 heterocycles. The third-order valence-electron chi connectivity index (χ3n) is 3.48. The number of benzene rings is 1. The fourth-order valence-electron chi connectivity index (χ4n) is 2.41. The molecule has 1 aliphatic heterocycles. The minimum absolute atomic E-state index is 0.0549. The second-order valence-corrected chi connectivity index (χ2v) is 4.80. The van der Waals surface area contributed by atoms with Gasteiger partial charge in [0, 0.05) is 25.7 Å². The molecule has 0 radical (unpaired) electrons. The molecule has 18 heavy (non-hydrogen) atoms. The van der Waals surface area contributed by atoms with Crippen LogP contribution in [0.25, 0.3) is 0 Å². The summed E-state index contributed by atoms with van der Waals surface area (Å²) in [7, 11) is 0. The SMILES string of the molecule is C[C@H](NCCO)c1ccc(N2CCCC2)c(F)c1. The lowest BCUT2D eigenvalue weighted by atomic mass is 10.1. The Kier molecular flexibility index (Phi) is 4.55. The van der Waals surface area contributed by atoms with E-state index < -0.39 is 0 Å². The number of rotatable bonds is 5. The summed E-state index contributed by atoms with van der Waals surface area (Å²) in [5.41, 5.74) is 1.63. The average molecular weight is 252 g/mol. The highest BCUT2D eigenvalue weighted by atomic mass is 19.1. The first-order valence-corrected chi connectivity index (χ1v) is 6.61. The maximum absolute atomic E-state index is 14.1. The van der Waals surface area contributed by atoms with Gasteiger partial charge >= 0.3 is 0 Å². The third kappa shape index (κ3) is 3.00. The monoisotopic (exact) mass is 252 g/mol. The van der Waals surface area contributed by atoms with Gasteiger partial charge in [0.05, 0.1) is 12.3 Å². The van der Waals surface area contributed by atoms with Crippen LogP contribution in [0.4, 0.5) is 10.1 Å². The summed E-state index contributed by atoms with van der Waals surface area (Å²) in [6.45, 7) is 4.50. The van der Waals surface area contributed by atoms with Crippen molar-refractivity contribution in [2.45, 2.75) is 25.8 Å². The van der Waals surface area contributed by atoms with Gasteiger partial charge in [-0.05, 0) is 37.5 Å². The maximum atomic E-state index is 14.1. The van der Waals surface area contributed by atoms with Crippen LogP contribution in [0.1, 0.15) is 31.4 Å². The molecule has 0 saturated carbocycles. The first-order chi connectivity index (χ1) is 8.72. The average Bonchev–Trinajstić information content (AvgIpc) is 2.89. The highest BCUT2D eigenvalue weighted by Gasteiger charge is 2.17. The standard InChI is InChI=1S/C14H21FN2O/c1-11(16-6-9-18)12-4-5-14(13(15)10-12)17-7-2-3-8-17/h4-5,10-11,16,18H,2-3,6-9H2,1H3/t11-/m0/s1. The summed E-state index contributed by atoms with van der Waals surface area (Å²) >= 11 is 0. The molecule has 100 valence electrons. The molecule has 0 aliphatic carbocycles. The van der Waals surface area contributed by atoms with Crippen LogP contribution in [0.15, 0.2) is 18.2 Å². The number of halogens is 1. The van der Waals surface area contributed by atoms with Gasteiger partial charge in [-0.3, -0.25) is 0 Å². The van der Waals surface area contributed by atoms with E-state index >= 15 is 0 Å². The fraction of sp³-hybridized carbons (Fsp3) is 0.571. The summed E-state index contributed by atoms with van der Waals surface area (Å²) in [5, 5.41) is 11.9. The van der Waals surface area contributed by atoms with Crippen molar-refractivity contribution in [2.75, 3.05) is 31.1 Å². The van der Waals surface area contributed by atoms with E-state index in [0.29, 0.717) is 12.2 Å². The van der Waals surface area contributed by atoms with Crippen molar-refractivity contribution >= 4 is 5.69 Å². The van der Waals surface area contributed by atoms with Gasteiger partial charge in [0.15, 0.2) is 0 Å². The van der Waals surface area contributed by atoms with Crippen LogP contribution >= 0.6 is 0 Å². The molecule has 0 bridgehead atoms. The lowest BCUT2D eigenvalue weighted by Crippen LogP contribution is -2.23. The Morgan fingerprint density at radius 3 is 2.72 bits per heavy atom. The summed E-state index contributed by atoms with van der Waals surface area (Å²) in [6, 6.07) is 5.49. The van der Waals surface area contributed by atoms with Gasteiger partial charge in [-0.15, -0.1) is 0 Å². The normalized spacial score (nSPS) is 17.2. The molecular formula is C14H21FN2O. The van der Waals surface area contributed by atoms with E-state index in [2.05, 4.69) is 10.2 Å². The third-order valence-corrected chi connectivity index (χ3v) is 3.48. The van der Waals surface area contributed by atoms with E-state index in [1.807, 2.05) is 19.1 Å². The van der Waals surface area contributed by atoms with Crippen molar-refractivity contribution in [1.29, 1.82) is 0 Å². The molecule has 0 amide bonds. The lowest BCUT2D eigenvalue weighted by Gasteiger charge is -2.20. The van der Waals surface area contributed by atoms with E-state index in [-0.39, 0.29) is 18.5 Å². The van der Waals surface area contributed by atoms with Crippen LogP contribution in [0, 0.1) is 5.82 Å². The van der Waals surface area contributed by atoms with Gasteiger partial charge in [0.1, 0.15) is 5.82 Å². The topological polar surface area (TPSA) is 35.5 Å². The minimum atomic E-state index is -0.146. The smallest absolute Gasteiger partial charge is 0.146 e. The Bertz CT molecular complexity index is 391. The summed E-state index contributed by atoms with van der Waals surface area (Å²) in [5.74, 6) is -0.146. The highest BCUT2D eigenvalue weighted by molar-refractivity contribution is 5.50. The molecule has 1 atom stereocenters. The Morgan fingerprint density at radius 1 is 1.39 bits per heavy atom. The van der Waals surface area contributed by atoms with Crippen LogP contribution in [0.5, 0.6) is 0 Å². The first kappa shape index (κ1) is 13.3. The Labute approximate surface area is 108 Å². The summed E-state index contributed by atoms with van der Waals surface area (Å²) < 4.78 is 14.1. The largest absolute Gasteiger partial charge is 0.395 e. The molecule has 1 saturated heterocycles. The quantitative estimate of drug-likeness (QED) is 0.842. The number of hydrogen-bond acceptors (Lipinski definition) is 3. The van der Waals surface area contributed by atoms with Gasteiger partial charge < -0.3 is 15.3 Å². The van der Waals surface area contributed by atoms with Crippen LogP contribution in [0.2, 0.25) is 0 Å². The van der Waals surface area contributed by atoms with Crippen molar-refractivity contribution in [3.63, 3.8) is 0 Å². The van der Waals surface area contributed by atoms with Gasteiger partial charge in [0.2, 0.25) is 0 Å². The summed E-state index contributed by atoms with van der Waals surface area (Å²) in [6.07, 6.45) is 2.30. The van der Waals surface area contributed by atoms with Crippen molar-refractivity contribution in [3.05, 3.63) is 29.6 Å². The zero-order valence-corrected chi connectivity index (χ0v) is 10.8. The first-order valence-electron chi connectivity index (χ1n) is 6.61. The molecule has 1 aromatic rings. The predicted octanol–water partition coefficient (Wildman–Crippen LogP) is 2.07. The van der Waals surface area contributed by atoms with E-state index in [9.17, 15) is 4.39 Å². The molecule has 0 aromatic heterocycles. The van der Waals surface area contributed by atoms with Crippen molar-refractivity contribution in [1.82, 2.24) is 5.32 Å². The van der Waals surface area contributed by atoms with E-state index in [1.165, 1.54) is 0 Å². The molecule has 3 nitrogen and oxygen atoms in total. The van der Waals surface area contributed by atoms with Gasteiger partial charge in [-0.25, -0.2) is 4.39 Å². The number of nitrogens with one attached hydrogen (secondary N) is 1. The molecule has 1 aliphatic rings. The van der Waals surface area contributed by atoms with Crippen LogP contribution in [-0.4, -0.2) is 31.3 Å². The number of nitrogens with zero attached hydrogens (tertiary/aromatic N) is 1. The molecular weight excluding hydrogens is 231 g/mol. The number of hydrogen-bond donors (Lipinski definition) is 2. The Balaban J connectivity index is 2.08. The minimum Gasteiger partial charge on any atom is -0.395 e. The maximum Gasteiger partial charge on any atom is 0.146 e. The molecule has 2 rings (SSSR count). The molecule has 0 unspecified atom stereocenters.